The number of aromatic nitrogens is 4. The number of rotatable bonds is 3. The summed E-state index contributed by atoms with van der Waals surface area (Å²) in [5, 5.41) is 9.85. The number of para-hydroxylation sites is 6. The third kappa shape index (κ3) is 3.62. The summed E-state index contributed by atoms with van der Waals surface area (Å²) in [4.78, 5) is 5.29. The summed E-state index contributed by atoms with van der Waals surface area (Å²) in [6.07, 6.45) is 1.99. The third-order valence-corrected chi connectivity index (χ3v) is 12.1. The lowest BCUT2D eigenvalue weighted by atomic mass is 10.1. The Kier molecular flexibility index (Phi) is 5.62. The van der Waals surface area contributed by atoms with Gasteiger partial charge in [-0.2, -0.15) is 0 Å². The molecular weight excluding hydrogens is 653 g/mol. The van der Waals surface area contributed by atoms with E-state index in [4.69, 9.17) is 4.98 Å². The van der Waals surface area contributed by atoms with Crippen molar-refractivity contribution >= 4 is 96.9 Å². The van der Waals surface area contributed by atoms with Gasteiger partial charge in [-0.15, -0.1) is 11.3 Å². The van der Waals surface area contributed by atoms with Gasteiger partial charge in [0.2, 0.25) is 0 Å². The van der Waals surface area contributed by atoms with Crippen LogP contribution in [0.1, 0.15) is 0 Å². The van der Waals surface area contributed by atoms with E-state index in [1.807, 2.05) is 17.5 Å². The standard InChI is InChI=1S/C47H28N4S/c1-6-20-37-29(13-1)30-14-2-7-21-38(30)49(37)41-24-11-18-34-35-19-12-25-42(50-39-22-8-3-15-31(39)32-16-4-9-23-40(32)50)45(35)51(44(34)41)47-46-36(27-28-48-47)33-17-5-10-26-43(33)52-46/h1-28H. The zero-order chi connectivity index (χ0) is 33.9. The van der Waals surface area contributed by atoms with Gasteiger partial charge in [-0.05, 0) is 48.5 Å². The quantitative estimate of drug-likeness (QED) is 0.182. The molecule has 0 aliphatic heterocycles. The van der Waals surface area contributed by atoms with Crippen LogP contribution in [-0.4, -0.2) is 18.7 Å². The molecule has 0 bridgehead atoms. The van der Waals surface area contributed by atoms with Crippen LogP contribution in [0.4, 0.5) is 0 Å². The number of pyridine rings is 1. The summed E-state index contributed by atoms with van der Waals surface area (Å²) in [6.45, 7) is 0. The molecule has 52 heavy (non-hydrogen) atoms. The van der Waals surface area contributed by atoms with Crippen molar-refractivity contribution < 1.29 is 0 Å². The molecule has 0 aliphatic rings. The Hall–Kier alpha value is -6.69. The van der Waals surface area contributed by atoms with Gasteiger partial charge < -0.3 is 9.13 Å². The van der Waals surface area contributed by atoms with Crippen LogP contribution in [0, 0.1) is 0 Å². The zero-order valence-electron chi connectivity index (χ0n) is 27.9. The molecule has 12 rings (SSSR count). The molecule has 4 nitrogen and oxygen atoms in total. The summed E-state index contributed by atoms with van der Waals surface area (Å²) in [5.74, 6) is 0.945. The van der Waals surface area contributed by atoms with E-state index >= 15 is 0 Å². The number of benzene rings is 7. The minimum absolute atomic E-state index is 0.945. The van der Waals surface area contributed by atoms with Gasteiger partial charge in [0.15, 0.2) is 5.82 Å². The zero-order valence-corrected chi connectivity index (χ0v) is 28.7. The fraction of sp³-hybridized carbons (Fsp3) is 0. The predicted octanol–water partition coefficient (Wildman–Crippen LogP) is 12.7. The van der Waals surface area contributed by atoms with Crippen molar-refractivity contribution in [1.82, 2.24) is 18.7 Å². The van der Waals surface area contributed by atoms with Crippen LogP contribution < -0.4 is 0 Å². The van der Waals surface area contributed by atoms with E-state index in [0.29, 0.717) is 0 Å². The minimum atomic E-state index is 0.945. The van der Waals surface area contributed by atoms with Gasteiger partial charge in [-0.1, -0.05) is 115 Å². The molecule has 0 spiro atoms. The third-order valence-electron chi connectivity index (χ3n) is 10.9. The largest absolute Gasteiger partial charge is 0.307 e. The molecule has 0 N–H and O–H groups in total. The monoisotopic (exact) mass is 680 g/mol. The van der Waals surface area contributed by atoms with E-state index < -0.39 is 0 Å². The summed E-state index contributed by atoms with van der Waals surface area (Å²) in [7, 11) is 0. The van der Waals surface area contributed by atoms with Crippen LogP contribution in [-0.2, 0) is 0 Å². The maximum atomic E-state index is 5.29. The smallest absolute Gasteiger partial charge is 0.155 e. The lowest BCUT2D eigenvalue weighted by Gasteiger charge is -2.16. The number of thiophene rings is 1. The van der Waals surface area contributed by atoms with Crippen molar-refractivity contribution in [3.63, 3.8) is 0 Å². The van der Waals surface area contributed by atoms with Gasteiger partial charge in [0.05, 0.1) is 49.2 Å². The van der Waals surface area contributed by atoms with Gasteiger partial charge in [0.1, 0.15) is 0 Å². The van der Waals surface area contributed by atoms with E-state index in [2.05, 4.69) is 177 Å². The Morgan fingerprint density at radius 1 is 0.346 bits per heavy atom. The van der Waals surface area contributed by atoms with Crippen LogP contribution in [0.5, 0.6) is 0 Å². The Morgan fingerprint density at radius 3 is 1.27 bits per heavy atom. The summed E-state index contributed by atoms with van der Waals surface area (Å²) < 4.78 is 9.82. The Labute approximate surface area is 301 Å². The fourth-order valence-corrected chi connectivity index (χ4v) is 9.99. The van der Waals surface area contributed by atoms with E-state index in [1.165, 1.54) is 74.6 Å². The highest BCUT2D eigenvalue weighted by Gasteiger charge is 2.25. The van der Waals surface area contributed by atoms with Crippen molar-refractivity contribution in [3.05, 3.63) is 170 Å². The minimum Gasteiger partial charge on any atom is -0.307 e. The second kappa shape index (κ2) is 10.4. The lowest BCUT2D eigenvalue weighted by molar-refractivity contribution is 1.07. The molecule has 0 saturated heterocycles. The molecule has 7 aromatic carbocycles. The van der Waals surface area contributed by atoms with E-state index in [1.54, 1.807) is 0 Å². The van der Waals surface area contributed by atoms with Crippen molar-refractivity contribution in [3.8, 4) is 17.2 Å². The summed E-state index contributed by atoms with van der Waals surface area (Å²) in [5.41, 5.74) is 9.25. The molecule has 0 amide bonds. The highest BCUT2D eigenvalue weighted by molar-refractivity contribution is 7.26. The fourth-order valence-electron chi connectivity index (χ4n) is 8.81. The van der Waals surface area contributed by atoms with Gasteiger partial charge in [0, 0.05) is 54.0 Å². The molecule has 5 heteroatoms. The molecule has 0 atom stereocenters. The van der Waals surface area contributed by atoms with Crippen molar-refractivity contribution in [2.45, 2.75) is 0 Å². The Balaban J connectivity index is 1.33. The lowest BCUT2D eigenvalue weighted by Crippen LogP contribution is -2.04. The molecule has 5 aromatic heterocycles. The molecule has 242 valence electrons. The first-order valence-corrected chi connectivity index (χ1v) is 18.5. The molecule has 0 aliphatic carbocycles. The van der Waals surface area contributed by atoms with E-state index in [0.717, 1.165) is 28.2 Å². The Morgan fingerprint density at radius 2 is 0.769 bits per heavy atom. The van der Waals surface area contributed by atoms with Gasteiger partial charge in [-0.25, -0.2) is 4.98 Å². The van der Waals surface area contributed by atoms with Gasteiger partial charge >= 0.3 is 0 Å². The van der Waals surface area contributed by atoms with Crippen LogP contribution >= 0.6 is 11.3 Å². The SMILES string of the molecule is c1ccc2c(c1)sc1c(-n3c4c(-n5c6ccccc6c6ccccc65)cccc4c4cccc(-n5c6ccccc6c6ccccc65)c43)nccc12. The summed E-state index contributed by atoms with van der Waals surface area (Å²) >= 11 is 1.82. The number of hydrogen-bond acceptors (Lipinski definition) is 2. The molecule has 0 saturated carbocycles. The molecular formula is C47H28N4S. The number of hydrogen-bond donors (Lipinski definition) is 0. The van der Waals surface area contributed by atoms with E-state index in [9.17, 15) is 0 Å². The molecule has 12 aromatic rings. The van der Waals surface area contributed by atoms with Crippen molar-refractivity contribution in [2.24, 2.45) is 0 Å². The van der Waals surface area contributed by atoms with Gasteiger partial charge in [0.25, 0.3) is 0 Å². The maximum Gasteiger partial charge on any atom is 0.155 e. The number of nitrogens with zero attached hydrogens (tertiary/aromatic N) is 4. The normalized spacial score (nSPS) is 12.2. The average Bonchev–Trinajstić information content (AvgIpc) is 3.95. The average molecular weight is 681 g/mol. The highest BCUT2D eigenvalue weighted by Crippen LogP contribution is 2.45. The number of fused-ring (bicyclic) bond motifs is 12. The topological polar surface area (TPSA) is 27.7 Å². The van der Waals surface area contributed by atoms with Crippen LogP contribution in [0.3, 0.4) is 0 Å². The van der Waals surface area contributed by atoms with Gasteiger partial charge in [-0.3, -0.25) is 4.57 Å². The summed E-state index contributed by atoms with van der Waals surface area (Å²) in [6, 6.07) is 59.5. The first-order chi connectivity index (χ1) is 25.8. The Bertz CT molecular complexity index is 3150. The highest BCUT2D eigenvalue weighted by atomic mass is 32.1. The predicted molar refractivity (Wildman–Crippen MR) is 220 cm³/mol. The van der Waals surface area contributed by atoms with Crippen molar-refractivity contribution in [1.29, 1.82) is 0 Å². The molecule has 0 unspecified atom stereocenters. The second-order valence-corrected chi connectivity index (χ2v) is 14.6. The van der Waals surface area contributed by atoms with Crippen LogP contribution in [0.25, 0.3) is 103 Å². The van der Waals surface area contributed by atoms with Crippen molar-refractivity contribution in [2.75, 3.05) is 0 Å². The van der Waals surface area contributed by atoms with Crippen LogP contribution in [0.2, 0.25) is 0 Å². The second-order valence-electron chi connectivity index (χ2n) is 13.5. The molecule has 0 fully saturated rings. The first-order valence-electron chi connectivity index (χ1n) is 17.6. The maximum absolute atomic E-state index is 5.29. The molecule has 5 heterocycles. The first kappa shape index (κ1) is 28.1. The van der Waals surface area contributed by atoms with E-state index in [-0.39, 0.29) is 0 Å². The molecule has 0 radical (unpaired) electrons. The van der Waals surface area contributed by atoms with Crippen LogP contribution in [0.15, 0.2) is 170 Å².